The third kappa shape index (κ3) is 5.26. The molecule has 6 nitrogen and oxygen atoms in total. The molecule has 1 aromatic carbocycles. The quantitative estimate of drug-likeness (QED) is 0.557. The predicted molar refractivity (Wildman–Crippen MR) is 116 cm³/mol. The predicted octanol–water partition coefficient (Wildman–Crippen LogP) is 4.45. The van der Waals surface area contributed by atoms with E-state index in [0.29, 0.717) is 34.3 Å². The molecule has 2 heterocycles. The molecule has 0 N–H and O–H groups in total. The monoisotopic (exact) mass is 447 g/mol. The molecule has 1 aliphatic heterocycles. The van der Waals surface area contributed by atoms with Crippen LogP contribution in [0.3, 0.4) is 0 Å². The lowest BCUT2D eigenvalue weighted by Crippen LogP contribution is -2.38. The molecule has 2 fully saturated rings. The number of benzene rings is 1. The normalized spacial score (nSPS) is 18.0. The fourth-order valence-corrected chi connectivity index (χ4v) is 4.64. The minimum Gasteiger partial charge on any atom is -0.493 e. The van der Waals surface area contributed by atoms with Crippen LogP contribution in [0.25, 0.3) is 0 Å². The van der Waals surface area contributed by atoms with Gasteiger partial charge in [0.2, 0.25) is 5.95 Å². The Hall–Kier alpha value is -2.41. The molecule has 4 rings (SSSR count). The summed E-state index contributed by atoms with van der Waals surface area (Å²) in [5.74, 6) is 1.00. The molecule has 1 saturated heterocycles. The summed E-state index contributed by atoms with van der Waals surface area (Å²) in [5, 5.41) is 0.550. The van der Waals surface area contributed by atoms with Crippen LogP contribution in [0.2, 0.25) is 5.02 Å². The second kappa shape index (κ2) is 9.39. The molecule has 2 aliphatic rings. The highest BCUT2D eigenvalue weighted by Crippen LogP contribution is 2.57. The van der Waals surface area contributed by atoms with Crippen molar-refractivity contribution in [2.24, 2.45) is 11.3 Å². The van der Waals surface area contributed by atoms with Gasteiger partial charge in [-0.05, 0) is 55.1 Å². The molecule has 0 bridgehead atoms. The largest absolute Gasteiger partial charge is 0.493 e. The van der Waals surface area contributed by atoms with E-state index < -0.39 is 11.8 Å². The van der Waals surface area contributed by atoms with Crippen molar-refractivity contribution in [3.8, 4) is 5.75 Å². The minimum atomic E-state index is -0.461. The minimum absolute atomic E-state index is 0.0779. The van der Waals surface area contributed by atoms with Crippen LogP contribution in [-0.2, 0) is 16.0 Å². The van der Waals surface area contributed by atoms with Crippen LogP contribution in [0.5, 0.6) is 5.75 Å². The van der Waals surface area contributed by atoms with Gasteiger partial charge in [-0.1, -0.05) is 17.7 Å². The summed E-state index contributed by atoms with van der Waals surface area (Å²) < 4.78 is 24.6. The number of piperidine rings is 1. The SMILES string of the molecule is COC(=O)Cc1ccc(OCCC2(C3CCN(c4ncc(Cl)cn4)CC3)CC2)cc1F. The topological polar surface area (TPSA) is 64.6 Å². The number of anilines is 1. The molecule has 0 atom stereocenters. The molecule has 1 aromatic heterocycles. The average molecular weight is 448 g/mol. The van der Waals surface area contributed by atoms with Crippen molar-refractivity contribution < 1.29 is 18.7 Å². The number of ether oxygens (including phenoxy) is 2. The average Bonchev–Trinajstić information content (AvgIpc) is 3.57. The maximum atomic E-state index is 14.2. The van der Waals surface area contributed by atoms with Gasteiger partial charge in [0, 0.05) is 19.2 Å². The van der Waals surface area contributed by atoms with Crippen LogP contribution >= 0.6 is 11.6 Å². The number of carbonyl (C=O) groups is 1. The molecule has 8 heteroatoms. The Morgan fingerprint density at radius 3 is 2.58 bits per heavy atom. The maximum absolute atomic E-state index is 14.2. The highest BCUT2D eigenvalue weighted by Gasteiger charge is 2.49. The van der Waals surface area contributed by atoms with E-state index >= 15 is 0 Å². The zero-order valence-electron chi connectivity index (χ0n) is 17.7. The summed E-state index contributed by atoms with van der Waals surface area (Å²) in [6.45, 7) is 2.46. The Kier molecular flexibility index (Phi) is 6.60. The van der Waals surface area contributed by atoms with E-state index in [1.54, 1.807) is 24.5 Å². The molecule has 31 heavy (non-hydrogen) atoms. The number of nitrogens with zero attached hydrogens (tertiary/aromatic N) is 3. The zero-order chi connectivity index (χ0) is 21.8. The highest BCUT2D eigenvalue weighted by atomic mass is 35.5. The summed E-state index contributed by atoms with van der Waals surface area (Å²) in [7, 11) is 1.29. The first-order valence-corrected chi connectivity index (χ1v) is 11.1. The van der Waals surface area contributed by atoms with Crippen molar-refractivity contribution in [1.82, 2.24) is 9.97 Å². The Labute approximate surface area is 186 Å². The van der Waals surface area contributed by atoms with Crippen LogP contribution in [0.1, 0.15) is 37.7 Å². The number of hydrogen-bond donors (Lipinski definition) is 0. The molecule has 0 unspecified atom stereocenters. The molecular formula is C23H27ClFN3O3. The van der Waals surface area contributed by atoms with E-state index in [2.05, 4.69) is 19.6 Å². The lowest BCUT2D eigenvalue weighted by Gasteiger charge is -2.36. The first-order chi connectivity index (χ1) is 15.0. The van der Waals surface area contributed by atoms with Gasteiger partial charge in [-0.25, -0.2) is 14.4 Å². The molecule has 0 spiro atoms. The molecule has 2 aromatic rings. The van der Waals surface area contributed by atoms with Gasteiger partial charge < -0.3 is 14.4 Å². The molecule has 0 radical (unpaired) electrons. The number of hydrogen-bond acceptors (Lipinski definition) is 6. The molecule has 1 aliphatic carbocycles. The van der Waals surface area contributed by atoms with Gasteiger partial charge in [0.15, 0.2) is 0 Å². The van der Waals surface area contributed by atoms with Gasteiger partial charge >= 0.3 is 5.97 Å². The molecule has 166 valence electrons. The van der Waals surface area contributed by atoms with E-state index in [1.165, 1.54) is 26.0 Å². The van der Waals surface area contributed by atoms with Gasteiger partial charge in [0.05, 0.1) is 37.6 Å². The number of methoxy groups -OCH3 is 1. The van der Waals surface area contributed by atoms with Gasteiger partial charge in [-0.15, -0.1) is 0 Å². The van der Waals surface area contributed by atoms with Crippen LogP contribution in [0.15, 0.2) is 30.6 Å². The number of halogens is 2. The van der Waals surface area contributed by atoms with Crippen molar-refractivity contribution >= 4 is 23.5 Å². The first-order valence-electron chi connectivity index (χ1n) is 10.7. The Morgan fingerprint density at radius 1 is 1.26 bits per heavy atom. The van der Waals surface area contributed by atoms with Crippen molar-refractivity contribution in [2.45, 2.75) is 38.5 Å². The summed E-state index contributed by atoms with van der Waals surface area (Å²) >= 11 is 5.88. The third-order valence-electron chi connectivity index (χ3n) is 6.60. The van der Waals surface area contributed by atoms with Gasteiger partial charge in [0.1, 0.15) is 11.6 Å². The smallest absolute Gasteiger partial charge is 0.310 e. The highest BCUT2D eigenvalue weighted by molar-refractivity contribution is 6.30. The number of carbonyl (C=O) groups excluding carboxylic acids is 1. The zero-order valence-corrected chi connectivity index (χ0v) is 18.4. The number of aromatic nitrogens is 2. The van der Waals surface area contributed by atoms with Crippen LogP contribution in [0.4, 0.5) is 10.3 Å². The van der Waals surface area contributed by atoms with Crippen molar-refractivity contribution in [3.63, 3.8) is 0 Å². The van der Waals surface area contributed by atoms with E-state index in [1.807, 2.05) is 0 Å². The summed E-state index contributed by atoms with van der Waals surface area (Å²) in [6, 6.07) is 4.65. The fourth-order valence-electron chi connectivity index (χ4n) is 4.54. The number of rotatable bonds is 8. The van der Waals surface area contributed by atoms with Crippen molar-refractivity contribution in [2.75, 3.05) is 31.7 Å². The van der Waals surface area contributed by atoms with E-state index in [-0.39, 0.29) is 6.42 Å². The van der Waals surface area contributed by atoms with E-state index in [4.69, 9.17) is 16.3 Å². The fraction of sp³-hybridized carbons (Fsp3) is 0.522. The lowest BCUT2D eigenvalue weighted by molar-refractivity contribution is -0.139. The standard InChI is InChI=1S/C23H27ClFN3O3/c1-30-21(29)12-16-2-3-19(13-20(16)25)31-11-8-23(6-7-23)17-4-9-28(10-5-17)22-26-14-18(24)15-27-22/h2-3,13-15,17H,4-12H2,1H3. The Bertz CT molecular complexity index is 913. The van der Waals surface area contributed by atoms with Crippen LogP contribution in [-0.4, -0.2) is 42.7 Å². The van der Waals surface area contributed by atoms with E-state index in [9.17, 15) is 9.18 Å². The second-order valence-electron chi connectivity index (χ2n) is 8.43. The van der Waals surface area contributed by atoms with Crippen LogP contribution < -0.4 is 9.64 Å². The molecule has 1 saturated carbocycles. The summed E-state index contributed by atoms with van der Waals surface area (Å²) in [6.07, 6.45) is 8.86. The van der Waals surface area contributed by atoms with E-state index in [0.717, 1.165) is 38.3 Å². The summed E-state index contributed by atoms with van der Waals surface area (Å²) in [5.41, 5.74) is 0.658. The number of esters is 1. The Morgan fingerprint density at radius 2 is 1.97 bits per heavy atom. The maximum Gasteiger partial charge on any atom is 0.310 e. The van der Waals surface area contributed by atoms with Crippen molar-refractivity contribution in [3.05, 3.63) is 47.0 Å². The second-order valence-corrected chi connectivity index (χ2v) is 8.87. The van der Waals surface area contributed by atoms with Crippen molar-refractivity contribution in [1.29, 1.82) is 0 Å². The lowest BCUT2D eigenvalue weighted by atomic mass is 9.79. The van der Waals surface area contributed by atoms with Gasteiger partial charge in [-0.3, -0.25) is 4.79 Å². The van der Waals surface area contributed by atoms with Crippen LogP contribution in [0, 0.1) is 17.2 Å². The summed E-state index contributed by atoms with van der Waals surface area (Å²) in [4.78, 5) is 22.2. The van der Waals surface area contributed by atoms with Gasteiger partial charge in [0.25, 0.3) is 0 Å². The Balaban J connectivity index is 1.25. The molecular weight excluding hydrogens is 421 g/mol. The molecule has 0 amide bonds. The van der Waals surface area contributed by atoms with Gasteiger partial charge in [-0.2, -0.15) is 0 Å². The third-order valence-corrected chi connectivity index (χ3v) is 6.79. The first kappa shape index (κ1) is 21.8.